The second-order valence-electron chi connectivity index (χ2n) is 6.10. The number of amides is 1. The topological polar surface area (TPSA) is 69.6 Å². The van der Waals surface area contributed by atoms with Crippen molar-refractivity contribution in [2.75, 3.05) is 20.3 Å². The van der Waals surface area contributed by atoms with Crippen LogP contribution in [-0.2, 0) is 14.3 Å². The number of aryl methyl sites for hydroxylation is 1. The van der Waals surface area contributed by atoms with Crippen LogP contribution in [0.1, 0.15) is 28.7 Å². The van der Waals surface area contributed by atoms with Crippen molar-refractivity contribution in [3.05, 3.63) is 53.1 Å². The maximum Gasteiger partial charge on any atom is 0.340 e. The van der Waals surface area contributed by atoms with Gasteiger partial charge in [0.15, 0.2) is 6.61 Å². The fraction of sp³-hybridized carbons (Fsp3) is 0.368. The molecule has 0 aliphatic carbocycles. The Morgan fingerprint density at radius 3 is 2.50 bits per heavy atom. The quantitative estimate of drug-likeness (QED) is 0.769. The molecule has 2 rings (SSSR count). The highest BCUT2D eigenvalue weighted by molar-refractivity contribution is 5.93. The van der Waals surface area contributed by atoms with E-state index in [1.54, 1.807) is 39.2 Å². The van der Waals surface area contributed by atoms with E-state index in [0.717, 1.165) is 11.4 Å². The maximum atomic E-state index is 13.1. The lowest BCUT2D eigenvalue weighted by atomic mass is 10.2. The molecule has 140 valence electrons. The summed E-state index contributed by atoms with van der Waals surface area (Å²) >= 11 is 0. The summed E-state index contributed by atoms with van der Waals surface area (Å²) < 4.78 is 25.0. The number of aromatic nitrogens is 1. The van der Waals surface area contributed by atoms with E-state index in [4.69, 9.17) is 9.47 Å². The van der Waals surface area contributed by atoms with Gasteiger partial charge in [0.05, 0.1) is 12.2 Å². The minimum atomic E-state index is -0.582. The zero-order valence-electron chi connectivity index (χ0n) is 15.3. The summed E-state index contributed by atoms with van der Waals surface area (Å²) in [6.45, 7) is 5.41. The summed E-state index contributed by atoms with van der Waals surface area (Å²) in [6.07, 6.45) is 0. The molecule has 26 heavy (non-hydrogen) atoms. The van der Waals surface area contributed by atoms with Crippen LogP contribution in [-0.4, -0.2) is 42.8 Å². The van der Waals surface area contributed by atoms with Crippen LogP contribution in [0, 0.1) is 19.7 Å². The number of ether oxygens (including phenoxy) is 2. The van der Waals surface area contributed by atoms with Crippen molar-refractivity contribution in [3.63, 3.8) is 0 Å². The van der Waals surface area contributed by atoms with E-state index in [0.29, 0.717) is 17.9 Å². The first kappa shape index (κ1) is 19.7. The van der Waals surface area contributed by atoms with Gasteiger partial charge in [0, 0.05) is 30.2 Å². The number of nitrogens with zero attached hydrogens (tertiary/aromatic N) is 1. The molecule has 0 aliphatic heterocycles. The van der Waals surface area contributed by atoms with Crippen LogP contribution in [0.5, 0.6) is 0 Å². The third kappa shape index (κ3) is 4.70. The Hall–Kier alpha value is -2.67. The van der Waals surface area contributed by atoms with Gasteiger partial charge in [-0.05, 0) is 51.1 Å². The van der Waals surface area contributed by atoms with Crippen LogP contribution in [0.2, 0.25) is 0 Å². The summed E-state index contributed by atoms with van der Waals surface area (Å²) in [4.78, 5) is 24.1. The van der Waals surface area contributed by atoms with Crippen molar-refractivity contribution in [1.29, 1.82) is 0 Å². The minimum Gasteiger partial charge on any atom is -0.452 e. The number of benzene rings is 1. The molecular weight excluding hydrogens is 339 g/mol. The predicted molar refractivity (Wildman–Crippen MR) is 95.0 cm³/mol. The van der Waals surface area contributed by atoms with E-state index in [1.165, 1.54) is 12.1 Å². The highest BCUT2D eigenvalue weighted by atomic mass is 19.1. The molecule has 0 aliphatic rings. The van der Waals surface area contributed by atoms with Crippen molar-refractivity contribution in [2.45, 2.75) is 26.8 Å². The molecule has 6 nitrogen and oxygen atoms in total. The highest BCUT2D eigenvalue weighted by Crippen LogP contribution is 2.21. The number of nitrogens with one attached hydrogen (secondary N) is 1. The number of hydrogen-bond donors (Lipinski definition) is 1. The van der Waals surface area contributed by atoms with Gasteiger partial charge in [-0.1, -0.05) is 0 Å². The summed E-state index contributed by atoms with van der Waals surface area (Å²) in [6, 6.07) is 7.50. The number of hydrogen-bond acceptors (Lipinski definition) is 4. The Bertz CT molecular complexity index is 784. The molecule has 1 aromatic carbocycles. The van der Waals surface area contributed by atoms with E-state index >= 15 is 0 Å². The van der Waals surface area contributed by atoms with Crippen LogP contribution >= 0.6 is 0 Å². The number of esters is 1. The van der Waals surface area contributed by atoms with E-state index in [2.05, 4.69) is 5.32 Å². The Morgan fingerprint density at radius 1 is 1.23 bits per heavy atom. The monoisotopic (exact) mass is 362 g/mol. The second-order valence-corrected chi connectivity index (χ2v) is 6.10. The normalized spacial score (nSPS) is 11.9. The lowest BCUT2D eigenvalue weighted by molar-refractivity contribution is -0.125. The van der Waals surface area contributed by atoms with E-state index in [1.807, 2.05) is 11.5 Å². The molecule has 0 spiro atoms. The first-order chi connectivity index (χ1) is 12.3. The first-order valence-corrected chi connectivity index (χ1v) is 8.23. The molecule has 0 radical (unpaired) electrons. The third-order valence-corrected chi connectivity index (χ3v) is 3.89. The van der Waals surface area contributed by atoms with Gasteiger partial charge in [-0.15, -0.1) is 0 Å². The molecular formula is C19H23FN2O4. The van der Waals surface area contributed by atoms with Gasteiger partial charge >= 0.3 is 5.97 Å². The standard InChI is InChI=1S/C19H23FN2O4/c1-12(10-25-4)21-18(23)11-26-19(24)17-9-13(2)22(14(17)3)16-7-5-15(20)6-8-16/h5-9,12H,10-11H2,1-4H3,(H,21,23). The zero-order chi connectivity index (χ0) is 19.3. The second kappa shape index (κ2) is 8.62. The molecule has 0 saturated heterocycles. The van der Waals surface area contributed by atoms with Crippen LogP contribution < -0.4 is 5.32 Å². The van der Waals surface area contributed by atoms with Crippen molar-refractivity contribution >= 4 is 11.9 Å². The Morgan fingerprint density at radius 2 is 1.88 bits per heavy atom. The van der Waals surface area contributed by atoms with Gasteiger partial charge in [0.2, 0.25) is 0 Å². The van der Waals surface area contributed by atoms with E-state index in [-0.39, 0.29) is 18.5 Å². The molecule has 1 heterocycles. The van der Waals surface area contributed by atoms with Crippen LogP contribution in [0.4, 0.5) is 4.39 Å². The molecule has 1 aromatic heterocycles. The third-order valence-electron chi connectivity index (χ3n) is 3.89. The highest BCUT2D eigenvalue weighted by Gasteiger charge is 2.19. The van der Waals surface area contributed by atoms with E-state index in [9.17, 15) is 14.0 Å². The molecule has 7 heteroatoms. The van der Waals surface area contributed by atoms with Crippen molar-refractivity contribution < 1.29 is 23.5 Å². The molecule has 1 N–H and O–H groups in total. The SMILES string of the molecule is COCC(C)NC(=O)COC(=O)c1cc(C)n(-c2ccc(F)cc2)c1C. The molecule has 1 amide bonds. The Labute approximate surface area is 151 Å². The van der Waals surface area contributed by atoms with Gasteiger partial charge in [-0.2, -0.15) is 0 Å². The number of carbonyl (C=O) groups excluding carboxylic acids is 2. The van der Waals surface area contributed by atoms with Crippen molar-refractivity contribution in [3.8, 4) is 5.69 Å². The summed E-state index contributed by atoms with van der Waals surface area (Å²) in [5, 5.41) is 2.67. The predicted octanol–water partition coefficient (Wildman–Crippen LogP) is 2.54. The lowest BCUT2D eigenvalue weighted by Gasteiger charge is -2.13. The van der Waals surface area contributed by atoms with Crippen LogP contribution in [0.15, 0.2) is 30.3 Å². The fourth-order valence-corrected chi connectivity index (χ4v) is 2.77. The van der Waals surface area contributed by atoms with Crippen molar-refractivity contribution in [1.82, 2.24) is 9.88 Å². The van der Waals surface area contributed by atoms with Gasteiger partial charge in [-0.25, -0.2) is 9.18 Å². The molecule has 1 atom stereocenters. The lowest BCUT2D eigenvalue weighted by Crippen LogP contribution is -2.38. The molecule has 2 aromatic rings. The minimum absolute atomic E-state index is 0.172. The summed E-state index contributed by atoms with van der Waals surface area (Å²) in [5.74, 6) is -1.30. The van der Waals surface area contributed by atoms with Crippen molar-refractivity contribution in [2.24, 2.45) is 0 Å². The Kier molecular flexibility index (Phi) is 6.52. The summed E-state index contributed by atoms with van der Waals surface area (Å²) in [5.41, 5.74) is 2.57. The first-order valence-electron chi connectivity index (χ1n) is 8.23. The number of rotatable bonds is 7. The average molecular weight is 362 g/mol. The molecule has 0 fully saturated rings. The van der Waals surface area contributed by atoms with Gasteiger partial charge in [0.25, 0.3) is 5.91 Å². The van der Waals surface area contributed by atoms with Crippen LogP contribution in [0.3, 0.4) is 0 Å². The van der Waals surface area contributed by atoms with Crippen LogP contribution in [0.25, 0.3) is 5.69 Å². The summed E-state index contributed by atoms with van der Waals surface area (Å²) in [7, 11) is 1.54. The number of methoxy groups -OCH3 is 1. The molecule has 0 bridgehead atoms. The zero-order valence-corrected chi connectivity index (χ0v) is 15.3. The van der Waals surface area contributed by atoms with Gasteiger partial charge in [0.1, 0.15) is 5.82 Å². The van der Waals surface area contributed by atoms with Gasteiger partial charge < -0.3 is 19.4 Å². The van der Waals surface area contributed by atoms with E-state index < -0.39 is 11.9 Å². The number of carbonyl (C=O) groups is 2. The number of halogens is 1. The fourth-order valence-electron chi connectivity index (χ4n) is 2.77. The maximum absolute atomic E-state index is 13.1. The largest absolute Gasteiger partial charge is 0.452 e. The smallest absolute Gasteiger partial charge is 0.340 e. The Balaban J connectivity index is 2.07. The van der Waals surface area contributed by atoms with Gasteiger partial charge in [-0.3, -0.25) is 4.79 Å². The average Bonchev–Trinajstić information content (AvgIpc) is 2.88. The molecule has 1 unspecified atom stereocenters. The molecule has 0 saturated carbocycles.